The van der Waals surface area contributed by atoms with Crippen LogP contribution >= 0.6 is 15.9 Å². The van der Waals surface area contributed by atoms with Gasteiger partial charge in [0.2, 0.25) is 0 Å². The normalized spacial score (nSPS) is 11.7. The molecule has 0 atom stereocenters. The zero-order chi connectivity index (χ0) is 32.5. The van der Waals surface area contributed by atoms with Crippen LogP contribution in [0, 0.1) is 13.8 Å². The Kier molecular flexibility index (Phi) is 8.97. The van der Waals surface area contributed by atoms with E-state index in [-0.39, 0.29) is 9.79 Å². The quantitative estimate of drug-likeness (QED) is 0.168. The molecule has 2 heterocycles. The third-order valence-electron chi connectivity index (χ3n) is 7.31. The fourth-order valence-electron chi connectivity index (χ4n) is 5.05. The van der Waals surface area contributed by atoms with Gasteiger partial charge in [-0.3, -0.25) is 0 Å². The molecule has 0 amide bonds. The fraction of sp³-hybridized carbons (Fsp3) is 0.118. The first-order valence-corrected chi connectivity index (χ1v) is 17.4. The lowest BCUT2D eigenvalue weighted by Crippen LogP contribution is -2.13. The van der Waals surface area contributed by atoms with Crippen molar-refractivity contribution in [2.75, 3.05) is 14.2 Å². The maximum absolute atomic E-state index is 13.1. The monoisotopic (exact) mass is 706 g/mol. The standard InChI is InChI=1S/C18H17NO3S.C16H14BrNO3S/c1-4-14-6-5-7-16-15(14)10-11-19(16)23(20,21)18-12-13(2)8-9-17(18)22-3;1-11-6-7-15(21-2)16(10-11)22(19,20)18-9-8-12-13(17)4-3-5-14(12)18/h4-12H,1H2,2-3H3;3-10H,1-2H3. The lowest BCUT2D eigenvalue weighted by atomic mass is 10.1. The Bertz CT molecular complexity index is 2290. The van der Waals surface area contributed by atoms with Crippen molar-refractivity contribution in [3.05, 3.63) is 125 Å². The van der Waals surface area contributed by atoms with Crippen molar-refractivity contribution in [2.45, 2.75) is 23.6 Å². The number of halogens is 1. The first-order chi connectivity index (χ1) is 21.4. The molecule has 0 fully saturated rings. The number of aryl methyl sites for hydroxylation is 2. The summed E-state index contributed by atoms with van der Waals surface area (Å²) in [6.07, 6.45) is 4.84. The molecule has 0 aliphatic carbocycles. The molecule has 11 heteroatoms. The number of aromatic nitrogens is 2. The van der Waals surface area contributed by atoms with Crippen LogP contribution in [0.2, 0.25) is 0 Å². The van der Waals surface area contributed by atoms with Crippen LogP contribution < -0.4 is 9.47 Å². The number of nitrogens with zero attached hydrogens (tertiary/aromatic N) is 2. The van der Waals surface area contributed by atoms with E-state index in [0.717, 1.165) is 31.9 Å². The molecule has 0 saturated carbocycles. The van der Waals surface area contributed by atoms with Crippen LogP contribution in [0.1, 0.15) is 16.7 Å². The predicted molar refractivity (Wildman–Crippen MR) is 182 cm³/mol. The minimum Gasteiger partial charge on any atom is -0.495 e. The number of benzene rings is 4. The second kappa shape index (κ2) is 12.6. The summed E-state index contributed by atoms with van der Waals surface area (Å²) in [6, 6.07) is 24.8. The smallest absolute Gasteiger partial charge is 0.271 e. The molecular weight excluding hydrogens is 676 g/mol. The Morgan fingerprint density at radius 2 is 1.13 bits per heavy atom. The lowest BCUT2D eigenvalue weighted by Gasteiger charge is -2.12. The highest BCUT2D eigenvalue weighted by Gasteiger charge is 2.25. The molecule has 0 aliphatic heterocycles. The average Bonchev–Trinajstić information content (AvgIpc) is 3.68. The summed E-state index contributed by atoms with van der Waals surface area (Å²) in [5.41, 5.74) is 3.85. The van der Waals surface area contributed by atoms with Crippen LogP contribution in [0.5, 0.6) is 11.5 Å². The first kappa shape index (κ1) is 32.1. The van der Waals surface area contributed by atoms with Crippen molar-refractivity contribution in [2.24, 2.45) is 0 Å². The molecule has 8 nitrogen and oxygen atoms in total. The van der Waals surface area contributed by atoms with E-state index in [9.17, 15) is 16.8 Å². The van der Waals surface area contributed by atoms with E-state index in [1.807, 2.05) is 50.2 Å². The molecule has 45 heavy (non-hydrogen) atoms. The zero-order valence-corrected chi connectivity index (χ0v) is 28.3. The first-order valence-electron chi connectivity index (χ1n) is 13.7. The van der Waals surface area contributed by atoms with Gasteiger partial charge in [0.05, 0.1) is 25.3 Å². The molecule has 0 N–H and O–H groups in total. The van der Waals surface area contributed by atoms with Crippen LogP contribution in [-0.4, -0.2) is 39.0 Å². The van der Waals surface area contributed by atoms with Gasteiger partial charge in [-0.1, -0.05) is 58.9 Å². The molecule has 0 unspecified atom stereocenters. The van der Waals surface area contributed by atoms with Crippen LogP contribution in [-0.2, 0) is 20.0 Å². The van der Waals surface area contributed by atoms with Crippen molar-refractivity contribution in [1.82, 2.24) is 7.94 Å². The molecule has 0 bridgehead atoms. The summed E-state index contributed by atoms with van der Waals surface area (Å²) >= 11 is 3.44. The van der Waals surface area contributed by atoms with Crippen LogP contribution in [0.15, 0.2) is 118 Å². The van der Waals surface area contributed by atoms with Crippen molar-refractivity contribution < 1.29 is 26.3 Å². The van der Waals surface area contributed by atoms with E-state index in [1.54, 1.807) is 67.0 Å². The number of methoxy groups -OCH3 is 2. The Morgan fingerprint density at radius 1 is 0.667 bits per heavy atom. The maximum atomic E-state index is 13.1. The molecule has 6 rings (SSSR count). The molecule has 232 valence electrons. The van der Waals surface area contributed by atoms with E-state index in [2.05, 4.69) is 22.5 Å². The average molecular weight is 708 g/mol. The summed E-state index contributed by atoms with van der Waals surface area (Å²) in [4.78, 5) is 0.314. The summed E-state index contributed by atoms with van der Waals surface area (Å²) < 4.78 is 66.1. The predicted octanol–water partition coefficient (Wildman–Crippen LogP) is 7.80. The second-order valence-electron chi connectivity index (χ2n) is 10.2. The van der Waals surface area contributed by atoms with E-state index < -0.39 is 20.0 Å². The molecule has 6 aromatic rings. The Hall–Kier alpha value is -4.32. The van der Waals surface area contributed by atoms with Gasteiger partial charge in [-0.05, 0) is 85.1 Å². The Morgan fingerprint density at radius 3 is 1.62 bits per heavy atom. The SMILES string of the molecule is C=Cc1cccc2c1ccn2S(=O)(=O)c1cc(C)ccc1OC.COc1ccc(C)cc1S(=O)(=O)n1ccc2c(Br)cccc21. The third-order valence-corrected chi connectivity index (χ3v) is 11.4. The van der Waals surface area contributed by atoms with Crippen molar-refractivity contribution in [3.63, 3.8) is 0 Å². The molecular formula is C34H31BrN2O6S2. The fourth-order valence-corrected chi connectivity index (χ4v) is 8.72. The highest BCUT2D eigenvalue weighted by Crippen LogP contribution is 2.32. The number of hydrogen-bond donors (Lipinski definition) is 0. The zero-order valence-electron chi connectivity index (χ0n) is 25.1. The van der Waals surface area contributed by atoms with Gasteiger partial charge in [-0.25, -0.2) is 24.8 Å². The summed E-state index contributed by atoms with van der Waals surface area (Å²) in [5, 5.41) is 1.69. The van der Waals surface area contributed by atoms with Gasteiger partial charge in [0.1, 0.15) is 21.3 Å². The molecule has 0 radical (unpaired) electrons. The van der Waals surface area contributed by atoms with Crippen molar-refractivity contribution in [3.8, 4) is 11.5 Å². The largest absolute Gasteiger partial charge is 0.495 e. The Balaban J connectivity index is 0.000000178. The number of fused-ring (bicyclic) bond motifs is 2. The number of ether oxygens (including phenoxy) is 2. The lowest BCUT2D eigenvalue weighted by molar-refractivity contribution is 0.402. The van der Waals surface area contributed by atoms with Crippen LogP contribution in [0.25, 0.3) is 27.9 Å². The topological polar surface area (TPSA) is 96.6 Å². The third kappa shape index (κ3) is 5.90. The molecule has 0 spiro atoms. The summed E-state index contributed by atoms with van der Waals surface area (Å²) in [5.74, 6) is 0.666. The van der Waals surface area contributed by atoms with E-state index >= 15 is 0 Å². The molecule has 0 aliphatic rings. The van der Waals surface area contributed by atoms with Crippen molar-refractivity contribution in [1.29, 1.82) is 0 Å². The van der Waals surface area contributed by atoms with E-state index in [1.165, 1.54) is 22.2 Å². The van der Waals surface area contributed by atoms with Gasteiger partial charge in [0.15, 0.2) is 0 Å². The number of rotatable bonds is 7. The number of hydrogen-bond acceptors (Lipinski definition) is 6. The summed E-state index contributed by atoms with van der Waals surface area (Å²) in [7, 11) is -4.56. The van der Waals surface area contributed by atoms with Gasteiger partial charge in [-0.15, -0.1) is 0 Å². The van der Waals surface area contributed by atoms with E-state index in [4.69, 9.17) is 9.47 Å². The van der Waals surface area contributed by atoms with Gasteiger partial charge in [-0.2, -0.15) is 0 Å². The van der Waals surface area contributed by atoms with Gasteiger partial charge in [0, 0.05) is 27.6 Å². The maximum Gasteiger partial charge on any atom is 0.271 e. The highest BCUT2D eigenvalue weighted by atomic mass is 79.9. The minimum absolute atomic E-state index is 0.154. The molecule has 4 aromatic carbocycles. The van der Waals surface area contributed by atoms with Gasteiger partial charge >= 0.3 is 0 Å². The van der Waals surface area contributed by atoms with Gasteiger partial charge in [0.25, 0.3) is 20.0 Å². The summed E-state index contributed by atoms with van der Waals surface area (Å²) in [6.45, 7) is 7.47. The second-order valence-corrected chi connectivity index (χ2v) is 14.6. The van der Waals surface area contributed by atoms with Crippen molar-refractivity contribution >= 4 is 63.9 Å². The highest BCUT2D eigenvalue weighted by molar-refractivity contribution is 9.10. The van der Waals surface area contributed by atoms with E-state index in [0.29, 0.717) is 22.5 Å². The van der Waals surface area contributed by atoms with Crippen LogP contribution in [0.3, 0.4) is 0 Å². The van der Waals surface area contributed by atoms with Crippen LogP contribution in [0.4, 0.5) is 0 Å². The Labute approximate surface area is 271 Å². The minimum atomic E-state index is -3.76. The molecule has 2 aromatic heterocycles. The molecule has 0 saturated heterocycles. The van der Waals surface area contributed by atoms with Gasteiger partial charge < -0.3 is 9.47 Å².